The number of benzene rings is 1. The normalized spacial score (nSPS) is 10.2. The summed E-state index contributed by atoms with van der Waals surface area (Å²) in [6.07, 6.45) is 2.53. The van der Waals surface area contributed by atoms with Crippen molar-refractivity contribution in [3.8, 4) is 0 Å². The van der Waals surface area contributed by atoms with E-state index in [9.17, 15) is 4.79 Å². The molecule has 1 aromatic carbocycles. The zero-order chi connectivity index (χ0) is 15.5. The Bertz CT molecular complexity index is 815. The van der Waals surface area contributed by atoms with Crippen molar-refractivity contribution in [2.45, 2.75) is 19.4 Å². The maximum absolute atomic E-state index is 11.0. The molecule has 0 aliphatic carbocycles. The van der Waals surface area contributed by atoms with E-state index in [4.69, 9.17) is 15.9 Å². The molecule has 3 aromatic rings. The maximum atomic E-state index is 11.0. The Morgan fingerprint density at radius 2 is 1.92 bits per heavy atom. The topological polar surface area (TPSA) is 113 Å². The third-order valence-electron chi connectivity index (χ3n) is 3.46. The fourth-order valence-electron chi connectivity index (χ4n) is 2.44. The standard InChI is InChI=1S/C15H17N5O2.2ClH/c16-7-5-13-18-10-3-1-2-4-12(10)20(13)8-6-14-19-11(9-22-14)15(17)21;;/h1-4,9H,5-8,16H2,(H2,17,21);2*1H. The highest BCUT2D eigenvalue weighted by Gasteiger charge is 2.12. The van der Waals surface area contributed by atoms with Gasteiger partial charge in [-0.25, -0.2) is 9.97 Å². The lowest BCUT2D eigenvalue weighted by molar-refractivity contribution is 0.0995. The van der Waals surface area contributed by atoms with E-state index in [0.717, 1.165) is 16.9 Å². The zero-order valence-electron chi connectivity index (χ0n) is 12.8. The van der Waals surface area contributed by atoms with Crippen LogP contribution in [-0.4, -0.2) is 27.0 Å². The number of aryl methyl sites for hydroxylation is 2. The Labute approximate surface area is 151 Å². The van der Waals surface area contributed by atoms with Crippen molar-refractivity contribution in [3.63, 3.8) is 0 Å². The largest absolute Gasteiger partial charge is 0.448 e. The minimum absolute atomic E-state index is 0. The Balaban J connectivity index is 0.00000144. The summed E-state index contributed by atoms with van der Waals surface area (Å²) in [5.74, 6) is 0.822. The summed E-state index contributed by atoms with van der Waals surface area (Å²) >= 11 is 0. The van der Waals surface area contributed by atoms with Gasteiger partial charge in [-0.15, -0.1) is 24.8 Å². The summed E-state index contributed by atoms with van der Waals surface area (Å²) in [4.78, 5) is 19.7. The first-order valence-corrected chi connectivity index (χ1v) is 7.07. The van der Waals surface area contributed by atoms with Gasteiger partial charge in [-0.1, -0.05) is 12.1 Å². The predicted octanol–water partition coefficient (Wildman–Crippen LogP) is 1.71. The second-order valence-electron chi connectivity index (χ2n) is 4.95. The second kappa shape index (κ2) is 8.68. The Morgan fingerprint density at radius 1 is 1.17 bits per heavy atom. The van der Waals surface area contributed by atoms with Gasteiger partial charge in [0.2, 0.25) is 0 Å². The molecule has 0 atom stereocenters. The van der Waals surface area contributed by atoms with Crippen LogP contribution >= 0.6 is 24.8 Å². The predicted molar refractivity (Wildman–Crippen MR) is 95.7 cm³/mol. The molecular formula is C15H19Cl2N5O2. The zero-order valence-corrected chi connectivity index (χ0v) is 14.5. The van der Waals surface area contributed by atoms with Crippen molar-refractivity contribution in [2.24, 2.45) is 11.5 Å². The summed E-state index contributed by atoms with van der Waals surface area (Å²) in [7, 11) is 0. The highest BCUT2D eigenvalue weighted by Crippen LogP contribution is 2.17. The number of amides is 1. The van der Waals surface area contributed by atoms with Crippen LogP contribution in [0.4, 0.5) is 0 Å². The molecule has 24 heavy (non-hydrogen) atoms. The first kappa shape index (κ1) is 20.0. The maximum Gasteiger partial charge on any atom is 0.270 e. The summed E-state index contributed by atoms with van der Waals surface area (Å²) in [6, 6.07) is 7.93. The minimum atomic E-state index is -0.591. The summed E-state index contributed by atoms with van der Waals surface area (Å²) in [5.41, 5.74) is 13.0. The van der Waals surface area contributed by atoms with E-state index >= 15 is 0 Å². The highest BCUT2D eigenvalue weighted by atomic mass is 35.5. The minimum Gasteiger partial charge on any atom is -0.448 e. The number of oxazole rings is 1. The fourth-order valence-corrected chi connectivity index (χ4v) is 2.44. The van der Waals surface area contributed by atoms with Gasteiger partial charge in [0.05, 0.1) is 11.0 Å². The van der Waals surface area contributed by atoms with E-state index in [2.05, 4.69) is 14.5 Å². The molecule has 0 aliphatic rings. The van der Waals surface area contributed by atoms with Gasteiger partial charge < -0.3 is 20.5 Å². The number of carbonyl (C=O) groups is 1. The molecule has 1 amide bonds. The van der Waals surface area contributed by atoms with Gasteiger partial charge >= 0.3 is 0 Å². The van der Waals surface area contributed by atoms with Crippen LogP contribution in [0, 0.1) is 0 Å². The van der Waals surface area contributed by atoms with Crippen molar-refractivity contribution >= 4 is 41.8 Å². The molecule has 0 saturated carbocycles. The SMILES string of the molecule is Cl.Cl.NCCc1nc2ccccc2n1CCc1nc(C(N)=O)co1. The molecule has 3 rings (SSSR count). The number of hydrogen-bond donors (Lipinski definition) is 2. The van der Waals surface area contributed by atoms with Crippen LogP contribution in [0.15, 0.2) is 34.9 Å². The number of carbonyl (C=O) groups excluding carboxylic acids is 1. The van der Waals surface area contributed by atoms with Gasteiger partial charge in [-0.3, -0.25) is 4.79 Å². The molecule has 7 nitrogen and oxygen atoms in total. The molecule has 0 radical (unpaired) electrons. The van der Waals surface area contributed by atoms with Gasteiger partial charge in [0.15, 0.2) is 11.6 Å². The van der Waals surface area contributed by atoms with E-state index in [-0.39, 0.29) is 30.5 Å². The number of nitrogens with zero attached hydrogens (tertiary/aromatic N) is 3. The van der Waals surface area contributed by atoms with Crippen LogP contribution in [0.3, 0.4) is 0 Å². The quantitative estimate of drug-likeness (QED) is 0.684. The number of nitrogens with two attached hydrogens (primary N) is 2. The molecule has 0 spiro atoms. The second-order valence-corrected chi connectivity index (χ2v) is 4.95. The van der Waals surface area contributed by atoms with E-state index in [1.165, 1.54) is 6.26 Å². The van der Waals surface area contributed by atoms with Crippen molar-refractivity contribution in [2.75, 3.05) is 6.54 Å². The molecule has 0 bridgehead atoms. The number of para-hydroxylation sites is 2. The first-order valence-electron chi connectivity index (χ1n) is 7.07. The Morgan fingerprint density at radius 3 is 2.58 bits per heavy atom. The average Bonchev–Trinajstić information content (AvgIpc) is 3.10. The van der Waals surface area contributed by atoms with Crippen molar-refractivity contribution in [1.29, 1.82) is 0 Å². The number of rotatable bonds is 6. The molecule has 130 valence electrons. The molecule has 0 fully saturated rings. The van der Waals surface area contributed by atoms with Gasteiger partial charge in [0, 0.05) is 19.4 Å². The smallest absolute Gasteiger partial charge is 0.270 e. The number of aromatic nitrogens is 3. The summed E-state index contributed by atoms with van der Waals surface area (Å²) in [6.45, 7) is 1.18. The van der Waals surface area contributed by atoms with Crippen molar-refractivity contribution in [1.82, 2.24) is 14.5 Å². The molecule has 4 N–H and O–H groups in total. The number of primary amides is 1. The summed E-state index contributed by atoms with van der Waals surface area (Å²) in [5, 5.41) is 0. The molecule has 2 aromatic heterocycles. The van der Waals surface area contributed by atoms with Crippen LogP contribution in [0.2, 0.25) is 0 Å². The van der Waals surface area contributed by atoms with Crippen LogP contribution in [0.1, 0.15) is 22.2 Å². The Hall–Kier alpha value is -2.09. The van der Waals surface area contributed by atoms with Gasteiger partial charge in [-0.05, 0) is 18.7 Å². The van der Waals surface area contributed by atoms with Crippen LogP contribution < -0.4 is 11.5 Å². The molecule has 2 heterocycles. The third kappa shape index (κ3) is 4.05. The lowest BCUT2D eigenvalue weighted by Crippen LogP contribution is -2.12. The highest BCUT2D eigenvalue weighted by molar-refractivity contribution is 5.90. The number of fused-ring (bicyclic) bond motifs is 1. The molecule has 0 saturated heterocycles. The van der Waals surface area contributed by atoms with E-state index < -0.39 is 5.91 Å². The summed E-state index contributed by atoms with van der Waals surface area (Å²) < 4.78 is 7.37. The fraction of sp³-hybridized carbons (Fsp3) is 0.267. The van der Waals surface area contributed by atoms with E-state index in [1.807, 2.05) is 24.3 Å². The van der Waals surface area contributed by atoms with Crippen LogP contribution in [-0.2, 0) is 19.4 Å². The number of hydrogen-bond acceptors (Lipinski definition) is 5. The molecule has 0 aliphatic heterocycles. The molecular weight excluding hydrogens is 353 g/mol. The van der Waals surface area contributed by atoms with Gasteiger partial charge in [0.25, 0.3) is 5.91 Å². The van der Waals surface area contributed by atoms with Crippen LogP contribution in [0.25, 0.3) is 11.0 Å². The van der Waals surface area contributed by atoms with Gasteiger partial charge in [0.1, 0.15) is 12.1 Å². The van der Waals surface area contributed by atoms with E-state index in [0.29, 0.717) is 31.8 Å². The monoisotopic (exact) mass is 371 g/mol. The lowest BCUT2D eigenvalue weighted by Gasteiger charge is -2.07. The van der Waals surface area contributed by atoms with Crippen molar-refractivity contribution in [3.05, 3.63) is 47.9 Å². The van der Waals surface area contributed by atoms with Crippen molar-refractivity contribution < 1.29 is 9.21 Å². The first-order chi connectivity index (χ1) is 10.7. The number of imidazole rings is 1. The third-order valence-corrected chi connectivity index (χ3v) is 3.46. The van der Waals surface area contributed by atoms with E-state index in [1.54, 1.807) is 0 Å². The number of halogens is 2. The van der Waals surface area contributed by atoms with Gasteiger partial charge in [-0.2, -0.15) is 0 Å². The molecule has 0 unspecified atom stereocenters. The molecule has 9 heteroatoms. The Kier molecular flexibility index (Phi) is 7.21. The lowest BCUT2D eigenvalue weighted by atomic mass is 10.3. The average molecular weight is 372 g/mol. The van der Waals surface area contributed by atoms with Crippen LogP contribution in [0.5, 0.6) is 0 Å².